The lowest BCUT2D eigenvalue weighted by Crippen LogP contribution is -3.13. The molecule has 2 aromatic rings. The summed E-state index contributed by atoms with van der Waals surface area (Å²) in [6.07, 6.45) is 1.26. The van der Waals surface area contributed by atoms with E-state index in [1.165, 1.54) is 29.8 Å². The molecule has 1 unspecified atom stereocenters. The van der Waals surface area contributed by atoms with E-state index in [-0.39, 0.29) is 5.56 Å². The molecule has 3 atom stereocenters. The topological polar surface area (TPSA) is 76.5 Å². The number of methoxy groups -OCH3 is 1. The van der Waals surface area contributed by atoms with Crippen LogP contribution in [-0.4, -0.2) is 36.1 Å². The van der Waals surface area contributed by atoms with Gasteiger partial charge in [-0.15, -0.1) is 11.3 Å². The number of hydrogen-bond acceptors (Lipinski definition) is 5. The third-order valence-corrected chi connectivity index (χ3v) is 5.88. The van der Waals surface area contributed by atoms with Gasteiger partial charge in [0.25, 0.3) is 5.56 Å². The van der Waals surface area contributed by atoms with E-state index in [4.69, 9.17) is 4.74 Å². The molecule has 130 valence electrons. The number of nitrogens with zero attached hydrogens (tertiary/aromatic N) is 1. The van der Waals surface area contributed by atoms with E-state index in [0.29, 0.717) is 44.9 Å². The number of quaternary nitrogens is 1. The number of thiophene rings is 1. The van der Waals surface area contributed by atoms with Gasteiger partial charge in [-0.2, -0.15) is 0 Å². The second-order valence-corrected chi connectivity index (χ2v) is 8.02. The highest BCUT2D eigenvalue weighted by Crippen LogP contribution is 2.27. The molecule has 6 nitrogen and oxygen atoms in total. The number of esters is 1. The molecule has 0 aromatic carbocycles. The second kappa shape index (κ2) is 6.64. The van der Waals surface area contributed by atoms with Crippen LogP contribution < -0.4 is 10.5 Å². The molecule has 3 rings (SSSR count). The van der Waals surface area contributed by atoms with Crippen molar-refractivity contribution in [3.63, 3.8) is 0 Å². The number of nitrogens with one attached hydrogen (secondary N) is 2. The Labute approximate surface area is 144 Å². The zero-order valence-electron chi connectivity index (χ0n) is 14.6. The molecule has 2 aromatic heterocycles. The van der Waals surface area contributed by atoms with E-state index < -0.39 is 5.97 Å². The Morgan fingerprint density at radius 2 is 2.04 bits per heavy atom. The number of aryl methyl sites for hydroxylation is 1. The largest absolute Gasteiger partial charge is 0.465 e. The van der Waals surface area contributed by atoms with Crippen molar-refractivity contribution in [1.29, 1.82) is 0 Å². The Bertz CT molecular complexity index is 816. The fourth-order valence-electron chi connectivity index (χ4n) is 3.86. The van der Waals surface area contributed by atoms with Gasteiger partial charge < -0.3 is 14.6 Å². The molecule has 0 radical (unpaired) electrons. The predicted octanol–water partition coefficient (Wildman–Crippen LogP) is 1.14. The minimum absolute atomic E-state index is 0.170. The van der Waals surface area contributed by atoms with Gasteiger partial charge in [0.15, 0.2) is 5.82 Å². The van der Waals surface area contributed by atoms with E-state index in [2.05, 4.69) is 23.8 Å². The fourth-order valence-corrected chi connectivity index (χ4v) is 4.98. The molecule has 24 heavy (non-hydrogen) atoms. The molecule has 0 amide bonds. The number of ether oxygens (including phenoxy) is 1. The van der Waals surface area contributed by atoms with E-state index in [1.54, 1.807) is 6.92 Å². The van der Waals surface area contributed by atoms with Crippen molar-refractivity contribution >= 4 is 27.5 Å². The molecule has 0 spiro atoms. The van der Waals surface area contributed by atoms with Crippen LogP contribution in [-0.2, 0) is 11.3 Å². The summed E-state index contributed by atoms with van der Waals surface area (Å²) in [5.74, 6) is 1.66. The standard InChI is InChI=1S/C17H23N3O3S/c1-9-5-10(2)7-20(6-9)8-12-18-15(21)13-11(3)14(17(22)23-4)24-16(13)19-12/h9-10H,5-8H2,1-4H3,(H,18,19,21)/p+1/t9-,10+. The molecule has 3 heterocycles. The van der Waals surface area contributed by atoms with Gasteiger partial charge in [0.2, 0.25) is 0 Å². The van der Waals surface area contributed by atoms with Gasteiger partial charge in [0.1, 0.15) is 16.3 Å². The number of aromatic nitrogens is 2. The van der Waals surface area contributed by atoms with E-state index in [9.17, 15) is 9.59 Å². The summed E-state index contributed by atoms with van der Waals surface area (Å²) < 4.78 is 4.79. The van der Waals surface area contributed by atoms with Gasteiger partial charge in [0, 0.05) is 11.8 Å². The van der Waals surface area contributed by atoms with E-state index in [1.807, 2.05) is 0 Å². The molecule has 1 aliphatic rings. The Morgan fingerprint density at radius 1 is 1.38 bits per heavy atom. The average molecular weight is 350 g/mol. The SMILES string of the molecule is COC(=O)c1sc2nc(C[NH+]3C[C@H](C)C[C@H](C)C3)[nH]c(=O)c2c1C. The number of piperidine rings is 1. The zero-order chi connectivity index (χ0) is 17.4. The second-order valence-electron chi connectivity index (χ2n) is 7.02. The maximum atomic E-state index is 12.5. The predicted molar refractivity (Wildman–Crippen MR) is 93.7 cm³/mol. The van der Waals surface area contributed by atoms with Crippen LogP contribution in [0, 0.1) is 18.8 Å². The van der Waals surface area contributed by atoms with Crippen LogP contribution in [0.25, 0.3) is 10.2 Å². The number of rotatable bonds is 3. The van der Waals surface area contributed by atoms with Gasteiger partial charge in [0.05, 0.1) is 25.6 Å². The summed E-state index contributed by atoms with van der Waals surface area (Å²) in [4.78, 5) is 34.3. The lowest BCUT2D eigenvalue weighted by atomic mass is 9.92. The van der Waals surface area contributed by atoms with Gasteiger partial charge in [-0.05, 0) is 18.9 Å². The summed E-state index contributed by atoms with van der Waals surface area (Å²) in [7, 11) is 1.34. The zero-order valence-corrected chi connectivity index (χ0v) is 15.4. The first kappa shape index (κ1) is 17.1. The van der Waals surface area contributed by atoms with Gasteiger partial charge in [-0.25, -0.2) is 9.78 Å². The quantitative estimate of drug-likeness (QED) is 0.814. The summed E-state index contributed by atoms with van der Waals surface area (Å²) in [6, 6.07) is 0. The maximum Gasteiger partial charge on any atom is 0.348 e. The van der Waals surface area contributed by atoms with Gasteiger partial charge in [-0.1, -0.05) is 13.8 Å². The van der Waals surface area contributed by atoms with E-state index >= 15 is 0 Å². The Kier molecular flexibility index (Phi) is 4.73. The molecule has 7 heteroatoms. The van der Waals surface area contributed by atoms with E-state index in [0.717, 1.165) is 13.1 Å². The minimum atomic E-state index is -0.416. The highest BCUT2D eigenvalue weighted by atomic mass is 32.1. The molecular formula is C17H24N3O3S+. The third kappa shape index (κ3) is 3.23. The van der Waals surface area contributed by atoms with Crippen molar-refractivity contribution in [2.45, 2.75) is 33.7 Å². The summed E-state index contributed by atoms with van der Waals surface area (Å²) in [6.45, 7) is 9.23. The molecule has 2 N–H and O–H groups in total. The molecular weight excluding hydrogens is 326 g/mol. The van der Waals surface area contributed by atoms with Crippen molar-refractivity contribution < 1.29 is 14.4 Å². The Balaban J connectivity index is 1.93. The lowest BCUT2D eigenvalue weighted by molar-refractivity contribution is -0.926. The Hall–Kier alpha value is -1.73. The molecule has 0 saturated carbocycles. The first-order chi connectivity index (χ1) is 11.4. The van der Waals surface area contributed by atoms with Crippen LogP contribution in [0.2, 0.25) is 0 Å². The third-order valence-electron chi connectivity index (χ3n) is 4.72. The monoisotopic (exact) mass is 350 g/mol. The van der Waals surface area contributed by atoms with Gasteiger partial charge in [-0.3, -0.25) is 4.79 Å². The van der Waals surface area contributed by atoms with Crippen molar-refractivity contribution in [2.24, 2.45) is 11.8 Å². The smallest absolute Gasteiger partial charge is 0.348 e. The van der Waals surface area contributed by atoms with Crippen LogP contribution in [0.3, 0.4) is 0 Å². The molecule has 0 bridgehead atoms. The van der Waals surface area contributed by atoms with Crippen LogP contribution in [0.5, 0.6) is 0 Å². The number of aromatic amines is 1. The average Bonchev–Trinajstić information content (AvgIpc) is 2.82. The number of fused-ring (bicyclic) bond motifs is 1. The summed E-state index contributed by atoms with van der Waals surface area (Å²) in [5.41, 5.74) is 0.478. The number of carbonyl (C=O) groups excluding carboxylic acids is 1. The summed E-state index contributed by atoms with van der Waals surface area (Å²) in [5, 5.41) is 0.500. The van der Waals surface area contributed by atoms with Crippen LogP contribution in [0.15, 0.2) is 4.79 Å². The van der Waals surface area contributed by atoms with Crippen LogP contribution >= 0.6 is 11.3 Å². The number of likely N-dealkylation sites (tertiary alicyclic amines) is 1. The van der Waals surface area contributed by atoms with Crippen molar-refractivity contribution in [2.75, 3.05) is 20.2 Å². The normalized spacial score (nSPS) is 24.2. The maximum absolute atomic E-state index is 12.5. The van der Waals surface area contributed by atoms with Crippen molar-refractivity contribution in [1.82, 2.24) is 9.97 Å². The van der Waals surface area contributed by atoms with Crippen molar-refractivity contribution in [3.8, 4) is 0 Å². The minimum Gasteiger partial charge on any atom is -0.465 e. The summed E-state index contributed by atoms with van der Waals surface area (Å²) >= 11 is 1.23. The molecule has 1 fully saturated rings. The fraction of sp³-hybridized carbons (Fsp3) is 0.588. The van der Waals surface area contributed by atoms with Crippen molar-refractivity contribution in [3.05, 3.63) is 26.6 Å². The molecule has 1 aliphatic heterocycles. The number of H-pyrrole nitrogens is 1. The lowest BCUT2D eigenvalue weighted by Gasteiger charge is -2.31. The number of carbonyl (C=O) groups is 1. The highest BCUT2D eigenvalue weighted by molar-refractivity contribution is 7.20. The van der Waals surface area contributed by atoms with Crippen LogP contribution in [0.1, 0.15) is 41.3 Å². The first-order valence-corrected chi connectivity index (χ1v) is 9.14. The molecule has 1 saturated heterocycles. The number of hydrogen-bond donors (Lipinski definition) is 2. The van der Waals surface area contributed by atoms with Gasteiger partial charge >= 0.3 is 5.97 Å². The highest BCUT2D eigenvalue weighted by Gasteiger charge is 2.26. The Morgan fingerprint density at radius 3 is 2.67 bits per heavy atom. The van der Waals surface area contributed by atoms with Crippen LogP contribution in [0.4, 0.5) is 0 Å². The molecule has 0 aliphatic carbocycles. The first-order valence-electron chi connectivity index (χ1n) is 8.33.